The molecule has 2 aromatic carbocycles. The number of rotatable bonds is 6. The first-order valence-electron chi connectivity index (χ1n) is 8.08. The van der Waals surface area contributed by atoms with Crippen molar-refractivity contribution in [2.24, 2.45) is 0 Å². The van der Waals surface area contributed by atoms with E-state index in [4.69, 9.17) is 14.6 Å². The molecule has 0 bridgehead atoms. The average Bonchev–Trinajstić information content (AvgIpc) is 2.61. The molecule has 4 heteroatoms. The standard InChI is InChI=1S/C19H23NO3/c1-2-20(11-15-7-9-16(13-21)10-8-15)12-17-14-22-18-5-3-4-6-19(18)23-17/h3-10,17,21H,2,11-14H2,1H3. The zero-order chi connectivity index (χ0) is 16.1. The minimum Gasteiger partial charge on any atom is -0.486 e. The molecule has 2 aromatic rings. The van der Waals surface area contributed by atoms with Crippen LogP contribution < -0.4 is 9.47 Å². The topological polar surface area (TPSA) is 41.9 Å². The van der Waals surface area contributed by atoms with Crippen LogP contribution in [0.4, 0.5) is 0 Å². The molecule has 0 fully saturated rings. The molecule has 4 nitrogen and oxygen atoms in total. The van der Waals surface area contributed by atoms with Crippen LogP contribution in [0, 0.1) is 0 Å². The third-order valence-electron chi connectivity index (χ3n) is 4.09. The summed E-state index contributed by atoms with van der Waals surface area (Å²) >= 11 is 0. The number of fused-ring (bicyclic) bond motifs is 1. The molecule has 1 aliphatic rings. The Labute approximate surface area is 137 Å². The summed E-state index contributed by atoms with van der Waals surface area (Å²) in [5, 5.41) is 9.11. The van der Waals surface area contributed by atoms with Gasteiger partial charge in [-0.05, 0) is 29.8 Å². The maximum atomic E-state index is 9.11. The highest BCUT2D eigenvalue weighted by Crippen LogP contribution is 2.31. The number of likely N-dealkylation sites (N-methyl/N-ethyl adjacent to an activating group) is 1. The van der Waals surface area contributed by atoms with Crippen molar-refractivity contribution in [3.05, 3.63) is 59.7 Å². The minimum atomic E-state index is 0.0431. The molecule has 1 unspecified atom stereocenters. The third-order valence-corrected chi connectivity index (χ3v) is 4.09. The van der Waals surface area contributed by atoms with Gasteiger partial charge in [0.05, 0.1) is 6.61 Å². The molecule has 1 atom stereocenters. The molecular weight excluding hydrogens is 290 g/mol. The second kappa shape index (κ2) is 7.49. The number of hydrogen-bond donors (Lipinski definition) is 1. The number of nitrogens with zero attached hydrogens (tertiary/aromatic N) is 1. The molecule has 1 aliphatic heterocycles. The van der Waals surface area contributed by atoms with Crippen molar-refractivity contribution in [3.8, 4) is 11.5 Å². The van der Waals surface area contributed by atoms with E-state index in [2.05, 4.69) is 24.0 Å². The van der Waals surface area contributed by atoms with Gasteiger partial charge in [-0.15, -0.1) is 0 Å². The molecule has 0 spiro atoms. The van der Waals surface area contributed by atoms with Gasteiger partial charge in [0.25, 0.3) is 0 Å². The zero-order valence-corrected chi connectivity index (χ0v) is 13.4. The summed E-state index contributed by atoms with van der Waals surface area (Å²) in [6.07, 6.45) is 0.0431. The monoisotopic (exact) mass is 313 g/mol. The fourth-order valence-corrected chi connectivity index (χ4v) is 2.75. The van der Waals surface area contributed by atoms with Crippen LogP contribution in [0.25, 0.3) is 0 Å². The lowest BCUT2D eigenvalue weighted by molar-refractivity contribution is 0.0580. The Morgan fingerprint density at radius 1 is 1.04 bits per heavy atom. The Hall–Kier alpha value is -2.04. The van der Waals surface area contributed by atoms with Crippen molar-refractivity contribution >= 4 is 0 Å². The molecule has 0 saturated carbocycles. The number of aliphatic hydroxyl groups is 1. The number of aliphatic hydroxyl groups excluding tert-OH is 1. The first-order chi connectivity index (χ1) is 11.3. The lowest BCUT2D eigenvalue weighted by atomic mass is 10.1. The summed E-state index contributed by atoms with van der Waals surface area (Å²) in [4.78, 5) is 2.34. The molecule has 3 rings (SSSR count). The highest BCUT2D eigenvalue weighted by Gasteiger charge is 2.22. The van der Waals surface area contributed by atoms with Crippen LogP contribution in [0.2, 0.25) is 0 Å². The van der Waals surface area contributed by atoms with Crippen LogP contribution in [0.5, 0.6) is 11.5 Å². The van der Waals surface area contributed by atoms with Gasteiger partial charge in [-0.25, -0.2) is 0 Å². The van der Waals surface area contributed by atoms with E-state index in [1.54, 1.807) is 0 Å². The van der Waals surface area contributed by atoms with Gasteiger partial charge < -0.3 is 14.6 Å². The van der Waals surface area contributed by atoms with E-state index in [9.17, 15) is 0 Å². The summed E-state index contributed by atoms with van der Waals surface area (Å²) in [6.45, 7) is 5.46. The Balaban J connectivity index is 1.59. The quantitative estimate of drug-likeness (QED) is 0.890. The second-order valence-electron chi connectivity index (χ2n) is 5.80. The van der Waals surface area contributed by atoms with Crippen molar-refractivity contribution < 1.29 is 14.6 Å². The van der Waals surface area contributed by atoms with Gasteiger partial charge >= 0.3 is 0 Å². The lowest BCUT2D eigenvalue weighted by Gasteiger charge is -2.30. The van der Waals surface area contributed by atoms with Crippen molar-refractivity contribution in [3.63, 3.8) is 0 Å². The first-order valence-corrected chi connectivity index (χ1v) is 8.08. The maximum absolute atomic E-state index is 9.11. The van der Waals surface area contributed by atoms with Gasteiger partial charge in [-0.1, -0.05) is 43.3 Å². The summed E-state index contributed by atoms with van der Waals surface area (Å²) in [6, 6.07) is 15.9. The third kappa shape index (κ3) is 4.03. The summed E-state index contributed by atoms with van der Waals surface area (Å²) < 4.78 is 11.8. The molecule has 23 heavy (non-hydrogen) atoms. The molecule has 0 amide bonds. The second-order valence-corrected chi connectivity index (χ2v) is 5.80. The Kier molecular flexibility index (Phi) is 5.16. The van der Waals surface area contributed by atoms with Crippen LogP contribution in [0.3, 0.4) is 0 Å². The molecule has 0 aromatic heterocycles. The number of para-hydroxylation sites is 2. The summed E-state index contributed by atoms with van der Waals surface area (Å²) in [5.74, 6) is 1.65. The van der Waals surface area contributed by atoms with E-state index in [1.165, 1.54) is 5.56 Å². The predicted octanol–water partition coefficient (Wildman–Crippen LogP) is 2.84. The van der Waals surface area contributed by atoms with Crippen LogP contribution in [-0.2, 0) is 13.2 Å². The first kappa shape index (κ1) is 15.8. The van der Waals surface area contributed by atoms with E-state index in [1.807, 2.05) is 36.4 Å². The smallest absolute Gasteiger partial charge is 0.161 e. The Bertz CT molecular complexity index is 627. The van der Waals surface area contributed by atoms with Crippen LogP contribution in [0.1, 0.15) is 18.1 Å². The largest absolute Gasteiger partial charge is 0.486 e. The average molecular weight is 313 g/mol. The van der Waals surface area contributed by atoms with E-state index in [0.717, 1.165) is 36.7 Å². The highest BCUT2D eigenvalue weighted by molar-refractivity contribution is 5.40. The maximum Gasteiger partial charge on any atom is 0.161 e. The summed E-state index contributed by atoms with van der Waals surface area (Å²) in [5.41, 5.74) is 2.18. The Morgan fingerprint density at radius 2 is 1.74 bits per heavy atom. The summed E-state index contributed by atoms with van der Waals surface area (Å²) in [7, 11) is 0. The van der Waals surface area contributed by atoms with Gasteiger partial charge in [0.2, 0.25) is 0 Å². The van der Waals surface area contributed by atoms with Crippen molar-refractivity contribution in [2.75, 3.05) is 19.7 Å². The molecule has 0 aliphatic carbocycles. The van der Waals surface area contributed by atoms with Crippen molar-refractivity contribution in [1.82, 2.24) is 4.90 Å². The number of benzene rings is 2. The predicted molar refractivity (Wildman–Crippen MR) is 89.7 cm³/mol. The molecule has 1 N–H and O–H groups in total. The van der Waals surface area contributed by atoms with Gasteiger partial charge in [0.1, 0.15) is 12.7 Å². The van der Waals surface area contributed by atoms with E-state index in [-0.39, 0.29) is 12.7 Å². The van der Waals surface area contributed by atoms with Gasteiger partial charge in [-0.3, -0.25) is 4.90 Å². The number of hydrogen-bond acceptors (Lipinski definition) is 4. The SMILES string of the molecule is CCN(Cc1ccc(CO)cc1)CC1COc2ccccc2O1. The van der Waals surface area contributed by atoms with Crippen LogP contribution >= 0.6 is 0 Å². The lowest BCUT2D eigenvalue weighted by Crippen LogP contribution is -2.40. The zero-order valence-electron chi connectivity index (χ0n) is 13.4. The molecule has 122 valence electrons. The van der Waals surface area contributed by atoms with Crippen molar-refractivity contribution in [1.29, 1.82) is 0 Å². The molecular formula is C19H23NO3. The fourth-order valence-electron chi connectivity index (χ4n) is 2.75. The molecule has 0 radical (unpaired) electrons. The van der Waals surface area contributed by atoms with Gasteiger partial charge in [0.15, 0.2) is 11.5 Å². The normalized spacial score (nSPS) is 16.6. The van der Waals surface area contributed by atoms with Gasteiger partial charge in [0, 0.05) is 13.1 Å². The van der Waals surface area contributed by atoms with Crippen LogP contribution in [0.15, 0.2) is 48.5 Å². The van der Waals surface area contributed by atoms with E-state index >= 15 is 0 Å². The minimum absolute atomic E-state index is 0.0431. The van der Waals surface area contributed by atoms with Crippen molar-refractivity contribution in [2.45, 2.75) is 26.2 Å². The highest BCUT2D eigenvalue weighted by atomic mass is 16.6. The van der Waals surface area contributed by atoms with Crippen LogP contribution in [-0.4, -0.2) is 35.8 Å². The van der Waals surface area contributed by atoms with E-state index in [0.29, 0.717) is 6.61 Å². The molecule has 1 heterocycles. The number of ether oxygens (including phenoxy) is 2. The Morgan fingerprint density at radius 3 is 2.43 bits per heavy atom. The molecule has 0 saturated heterocycles. The van der Waals surface area contributed by atoms with Gasteiger partial charge in [-0.2, -0.15) is 0 Å². The van der Waals surface area contributed by atoms with E-state index < -0.39 is 0 Å². The fraction of sp³-hybridized carbons (Fsp3) is 0.368.